The van der Waals surface area contributed by atoms with E-state index < -0.39 is 12.1 Å². The number of rotatable bonds is 15. The van der Waals surface area contributed by atoms with Crippen LogP contribution in [0.25, 0.3) is 0 Å². The Bertz CT molecular complexity index is 428. The number of aliphatic hydroxyl groups excluding tert-OH is 1. The highest BCUT2D eigenvalue weighted by atomic mass is 16.4. The van der Waals surface area contributed by atoms with E-state index in [0.29, 0.717) is 0 Å². The van der Waals surface area contributed by atoms with Crippen LogP contribution in [0.5, 0.6) is 0 Å². The zero-order chi connectivity index (χ0) is 20.3. The number of hydrogen-bond acceptors (Lipinski definition) is 3. The Labute approximate surface area is 166 Å². The Kier molecular flexibility index (Phi) is 17.1. The Morgan fingerprint density at radius 1 is 0.963 bits per heavy atom. The number of aliphatic carboxylic acids is 1. The summed E-state index contributed by atoms with van der Waals surface area (Å²) in [5.41, 5.74) is 0. The van der Waals surface area contributed by atoms with Crippen LogP contribution in [0.2, 0.25) is 0 Å². The van der Waals surface area contributed by atoms with Gasteiger partial charge in [0, 0.05) is 0 Å². The second kappa shape index (κ2) is 18.0. The van der Waals surface area contributed by atoms with E-state index in [1.807, 2.05) is 0 Å². The SMILES string of the molecule is CC(O)C(=O)[O-].CCCCCCCCn1cc[n+](CCCCCCCC)c1. The standard InChI is InChI=1S/C19H37N2.C3H6O3/c1-3-5-7-9-11-13-15-20-17-18-21(19-20)16-14-12-10-8-6-4-2;1-2(4)3(5)6/h17-19H,3-16H2,1-2H3;2,4H,1H3,(H,5,6)/q+1;/p-1. The van der Waals surface area contributed by atoms with Crippen LogP contribution in [0, 0.1) is 0 Å². The van der Waals surface area contributed by atoms with E-state index in [2.05, 4.69) is 41.7 Å². The van der Waals surface area contributed by atoms with Crippen LogP contribution in [0.3, 0.4) is 0 Å². The zero-order valence-electron chi connectivity index (χ0n) is 17.9. The molecule has 1 N–H and O–H groups in total. The van der Waals surface area contributed by atoms with E-state index in [1.165, 1.54) is 90.1 Å². The Morgan fingerprint density at radius 3 is 1.96 bits per heavy atom. The molecule has 0 spiro atoms. The maximum atomic E-state index is 9.34. The summed E-state index contributed by atoms with van der Waals surface area (Å²) in [6.07, 6.45) is 22.0. The van der Waals surface area contributed by atoms with Crippen LogP contribution in [-0.2, 0) is 17.9 Å². The van der Waals surface area contributed by atoms with Crippen LogP contribution < -0.4 is 9.67 Å². The van der Waals surface area contributed by atoms with Crippen molar-refractivity contribution in [1.29, 1.82) is 0 Å². The lowest BCUT2D eigenvalue weighted by atomic mass is 10.1. The van der Waals surface area contributed by atoms with Gasteiger partial charge in [-0.3, -0.25) is 0 Å². The highest BCUT2D eigenvalue weighted by molar-refractivity contribution is 5.68. The molecule has 1 rings (SSSR count). The molecule has 158 valence electrons. The maximum Gasteiger partial charge on any atom is 0.243 e. The highest BCUT2D eigenvalue weighted by Crippen LogP contribution is 2.06. The molecule has 27 heavy (non-hydrogen) atoms. The summed E-state index contributed by atoms with van der Waals surface area (Å²) in [5.74, 6) is -1.44. The second-order valence-corrected chi connectivity index (χ2v) is 7.42. The molecule has 0 bridgehead atoms. The number of aromatic nitrogens is 2. The first-order valence-electron chi connectivity index (χ1n) is 10.9. The summed E-state index contributed by atoms with van der Waals surface area (Å²) in [5, 5.41) is 17.3. The van der Waals surface area contributed by atoms with Gasteiger partial charge in [0.25, 0.3) is 0 Å². The summed E-state index contributed by atoms with van der Waals surface area (Å²) in [6, 6.07) is 0. The van der Waals surface area contributed by atoms with Gasteiger partial charge >= 0.3 is 0 Å². The molecule has 1 aromatic rings. The van der Waals surface area contributed by atoms with Gasteiger partial charge in [-0.15, -0.1) is 0 Å². The molecule has 1 heterocycles. The van der Waals surface area contributed by atoms with Crippen LogP contribution in [0.4, 0.5) is 0 Å². The first kappa shape index (κ1) is 25.6. The van der Waals surface area contributed by atoms with E-state index in [9.17, 15) is 9.90 Å². The fourth-order valence-electron chi connectivity index (χ4n) is 2.85. The van der Waals surface area contributed by atoms with E-state index in [0.717, 1.165) is 6.92 Å². The molecule has 1 unspecified atom stereocenters. The maximum absolute atomic E-state index is 9.34. The summed E-state index contributed by atoms with van der Waals surface area (Å²) < 4.78 is 4.72. The van der Waals surface area contributed by atoms with Gasteiger partial charge in [-0.25, -0.2) is 9.13 Å². The first-order valence-corrected chi connectivity index (χ1v) is 10.9. The molecule has 0 radical (unpaired) electrons. The molecule has 0 saturated carbocycles. The van der Waals surface area contributed by atoms with Gasteiger partial charge in [0.2, 0.25) is 6.33 Å². The smallest absolute Gasteiger partial charge is 0.243 e. The van der Waals surface area contributed by atoms with Crippen molar-refractivity contribution in [2.24, 2.45) is 0 Å². The highest BCUT2D eigenvalue weighted by Gasteiger charge is 2.03. The number of aliphatic hydroxyl groups is 1. The average molecular weight is 383 g/mol. The third-order valence-electron chi connectivity index (χ3n) is 4.63. The molecular formula is C22H42N2O3. The van der Waals surface area contributed by atoms with Crippen molar-refractivity contribution in [3.63, 3.8) is 0 Å². The van der Waals surface area contributed by atoms with Gasteiger partial charge in [0.15, 0.2) is 0 Å². The molecular weight excluding hydrogens is 340 g/mol. The van der Waals surface area contributed by atoms with Crippen molar-refractivity contribution in [3.05, 3.63) is 18.7 Å². The number of nitrogens with zero attached hydrogens (tertiary/aromatic N) is 2. The molecule has 5 heteroatoms. The number of carboxylic acids is 1. The number of unbranched alkanes of at least 4 members (excludes halogenated alkanes) is 10. The first-order chi connectivity index (χ1) is 13.0. The quantitative estimate of drug-likeness (QED) is 0.372. The molecule has 1 aromatic heterocycles. The molecule has 0 fully saturated rings. The van der Waals surface area contributed by atoms with E-state index >= 15 is 0 Å². The minimum Gasteiger partial charge on any atom is -0.547 e. The fourth-order valence-corrected chi connectivity index (χ4v) is 2.85. The minimum atomic E-state index is -1.44. The summed E-state index contributed by atoms with van der Waals surface area (Å²) in [4.78, 5) is 9.34. The normalized spacial score (nSPS) is 11.7. The van der Waals surface area contributed by atoms with Gasteiger partial charge in [-0.1, -0.05) is 65.2 Å². The summed E-state index contributed by atoms with van der Waals surface area (Å²) in [7, 11) is 0. The van der Waals surface area contributed by atoms with Crippen LogP contribution >= 0.6 is 0 Å². The molecule has 0 aliphatic rings. The van der Waals surface area contributed by atoms with Crippen LogP contribution in [-0.4, -0.2) is 21.7 Å². The summed E-state index contributed by atoms with van der Waals surface area (Å²) >= 11 is 0. The van der Waals surface area contributed by atoms with Gasteiger partial charge in [0.1, 0.15) is 12.4 Å². The molecule has 0 aromatic carbocycles. The molecule has 0 aliphatic carbocycles. The molecule has 0 saturated heterocycles. The van der Waals surface area contributed by atoms with Crippen molar-refractivity contribution in [1.82, 2.24) is 4.57 Å². The van der Waals surface area contributed by atoms with Crippen molar-refractivity contribution < 1.29 is 19.6 Å². The lowest BCUT2D eigenvalue weighted by Crippen LogP contribution is -2.32. The van der Waals surface area contributed by atoms with Crippen molar-refractivity contribution in [2.75, 3.05) is 0 Å². The topological polar surface area (TPSA) is 69.2 Å². The summed E-state index contributed by atoms with van der Waals surface area (Å²) in [6.45, 7) is 8.07. The monoisotopic (exact) mass is 382 g/mol. The Morgan fingerprint density at radius 2 is 1.44 bits per heavy atom. The van der Waals surface area contributed by atoms with Gasteiger partial charge in [-0.05, 0) is 32.6 Å². The molecule has 0 amide bonds. The van der Waals surface area contributed by atoms with E-state index in [1.54, 1.807) is 0 Å². The molecule has 1 atom stereocenters. The Balaban J connectivity index is 0.000000972. The fraction of sp³-hybridized carbons (Fsp3) is 0.818. The largest absolute Gasteiger partial charge is 0.547 e. The number of carbonyl (C=O) groups excluding carboxylic acids is 1. The van der Waals surface area contributed by atoms with Crippen molar-refractivity contribution >= 4 is 5.97 Å². The zero-order valence-corrected chi connectivity index (χ0v) is 17.9. The lowest BCUT2D eigenvalue weighted by molar-refractivity contribution is -0.696. The molecule has 0 aliphatic heterocycles. The van der Waals surface area contributed by atoms with E-state index in [4.69, 9.17) is 5.11 Å². The number of carboxylic acid groups (broad SMARTS) is 1. The molecule has 5 nitrogen and oxygen atoms in total. The Hall–Kier alpha value is -1.36. The van der Waals surface area contributed by atoms with Crippen molar-refractivity contribution in [3.8, 4) is 0 Å². The number of aryl methyl sites for hydroxylation is 2. The number of hydrogen-bond donors (Lipinski definition) is 1. The van der Waals surface area contributed by atoms with Gasteiger partial charge < -0.3 is 15.0 Å². The lowest BCUT2D eigenvalue weighted by Gasteiger charge is -2.00. The van der Waals surface area contributed by atoms with Crippen molar-refractivity contribution in [2.45, 2.75) is 117 Å². The van der Waals surface area contributed by atoms with E-state index in [-0.39, 0.29) is 0 Å². The third-order valence-corrected chi connectivity index (χ3v) is 4.63. The van der Waals surface area contributed by atoms with Crippen LogP contribution in [0.15, 0.2) is 18.7 Å². The second-order valence-electron chi connectivity index (χ2n) is 7.42. The predicted molar refractivity (Wildman–Crippen MR) is 108 cm³/mol. The van der Waals surface area contributed by atoms with Crippen LogP contribution in [0.1, 0.15) is 97.8 Å². The predicted octanol–water partition coefficient (Wildman–Crippen LogP) is 3.61. The number of imidazole rings is 1. The van der Waals surface area contributed by atoms with Gasteiger partial charge in [0.05, 0.1) is 25.2 Å². The third kappa shape index (κ3) is 16.5. The average Bonchev–Trinajstić information content (AvgIpc) is 3.09. The minimum absolute atomic E-state index is 1.13. The van der Waals surface area contributed by atoms with Gasteiger partial charge in [-0.2, -0.15) is 0 Å². The number of carbonyl (C=O) groups is 1.